The molecule has 1 spiro atoms. The van der Waals surface area contributed by atoms with Crippen LogP contribution in [-0.4, -0.2) is 53.0 Å². The summed E-state index contributed by atoms with van der Waals surface area (Å²) in [5, 5.41) is 0. The zero-order valence-electron chi connectivity index (χ0n) is 19.2. The van der Waals surface area contributed by atoms with Gasteiger partial charge in [-0.15, -0.1) is 0 Å². The second-order valence-corrected chi connectivity index (χ2v) is 20.9. The maximum absolute atomic E-state index is 6.85. The first-order chi connectivity index (χ1) is 13.6. The molecule has 1 saturated heterocycles. The van der Waals surface area contributed by atoms with Crippen molar-refractivity contribution in [3.05, 3.63) is 23.3 Å². The minimum absolute atomic E-state index is 0.112. The summed E-state index contributed by atoms with van der Waals surface area (Å²) in [5.41, 5.74) is 3.10. The van der Waals surface area contributed by atoms with Gasteiger partial charge in [0, 0.05) is 17.0 Å². The van der Waals surface area contributed by atoms with Crippen LogP contribution in [-0.2, 0) is 16.3 Å². The van der Waals surface area contributed by atoms with Crippen LogP contribution in [0.5, 0.6) is 11.5 Å². The third-order valence-electron chi connectivity index (χ3n) is 7.83. The number of nitrogens with zero attached hydrogens (tertiary/aromatic N) is 1. The first-order valence-electron chi connectivity index (χ1n) is 11.4. The van der Waals surface area contributed by atoms with Gasteiger partial charge in [0.1, 0.15) is 14.3 Å². The lowest BCUT2D eigenvalue weighted by Crippen LogP contribution is -2.70. The molecular formula is C23H37NO3Si2. The molecule has 2 aliphatic carbocycles. The van der Waals surface area contributed by atoms with E-state index in [0.29, 0.717) is 12.0 Å². The Morgan fingerprint density at radius 1 is 1.10 bits per heavy atom. The number of piperidine rings is 1. The van der Waals surface area contributed by atoms with E-state index < -0.39 is 16.6 Å². The number of ether oxygens (including phenoxy) is 2. The molecule has 2 heterocycles. The molecule has 29 heavy (non-hydrogen) atoms. The lowest BCUT2D eigenvalue weighted by atomic mass is 9.52. The van der Waals surface area contributed by atoms with E-state index in [1.807, 2.05) is 0 Å². The molecule has 2 fully saturated rings. The molecular weight excluding hydrogens is 394 g/mol. The van der Waals surface area contributed by atoms with Crippen LogP contribution >= 0.6 is 0 Å². The van der Waals surface area contributed by atoms with Gasteiger partial charge in [-0.1, -0.05) is 25.7 Å². The topological polar surface area (TPSA) is 30.9 Å². The maximum Gasteiger partial charge on any atom is 0.184 e. The average Bonchev–Trinajstić information content (AvgIpc) is 2.95. The number of benzene rings is 1. The second kappa shape index (κ2) is 6.34. The highest BCUT2D eigenvalue weighted by Crippen LogP contribution is 2.64. The van der Waals surface area contributed by atoms with E-state index in [9.17, 15) is 0 Å². The summed E-state index contributed by atoms with van der Waals surface area (Å²) in [6.07, 6.45) is 5.10. The summed E-state index contributed by atoms with van der Waals surface area (Å²) >= 11 is 0. The van der Waals surface area contributed by atoms with Gasteiger partial charge in [0.15, 0.2) is 19.8 Å². The number of rotatable bonds is 4. The first kappa shape index (κ1) is 20.1. The molecule has 5 atom stereocenters. The van der Waals surface area contributed by atoms with E-state index in [1.54, 1.807) is 7.11 Å². The van der Waals surface area contributed by atoms with Crippen molar-refractivity contribution in [2.24, 2.45) is 5.92 Å². The van der Waals surface area contributed by atoms with Gasteiger partial charge in [-0.2, -0.15) is 0 Å². The summed E-state index contributed by atoms with van der Waals surface area (Å²) in [5.74, 6) is 2.62. The van der Waals surface area contributed by atoms with Gasteiger partial charge in [0.2, 0.25) is 0 Å². The van der Waals surface area contributed by atoms with E-state index in [1.165, 1.54) is 36.9 Å². The Balaban J connectivity index is 1.66. The van der Waals surface area contributed by atoms with E-state index in [0.717, 1.165) is 17.9 Å². The Labute approximate surface area is 178 Å². The summed E-state index contributed by atoms with van der Waals surface area (Å²) in [6.45, 7) is 15.7. The fourth-order valence-electron chi connectivity index (χ4n) is 7.06. The van der Waals surface area contributed by atoms with Crippen LogP contribution in [0.4, 0.5) is 0 Å². The fourth-order valence-corrected chi connectivity index (χ4v) is 10.3. The molecule has 0 aromatic heterocycles. The van der Waals surface area contributed by atoms with Crippen molar-refractivity contribution >= 4 is 16.6 Å². The normalized spacial score (nSPS) is 35.8. The monoisotopic (exact) mass is 431 g/mol. The third kappa shape index (κ3) is 2.82. The molecule has 6 heteroatoms. The Bertz CT molecular complexity index is 831. The zero-order chi connectivity index (χ0) is 20.8. The lowest BCUT2D eigenvalue weighted by molar-refractivity contribution is -0.0853. The van der Waals surface area contributed by atoms with Crippen LogP contribution in [0, 0.1) is 5.92 Å². The average molecular weight is 432 g/mol. The molecule has 0 radical (unpaired) electrons. The molecule has 0 amide bonds. The van der Waals surface area contributed by atoms with Gasteiger partial charge in [-0.3, -0.25) is 0 Å². The van der Waals surface area contributed by atoms with Crippen LogP contribution in [0.2, 0.25) is 39.3 Å². The van der Waals surface area contributed by atoms with Crippen molar-refractivity contribution in [1.29, 1.82) is 0 Å². The lowest BCUT2D eigenvalue weighted by Gasteiger charge is -2.62. The molecule has 5 rings (SSSR count). The van der Waals surface area contributed by atoms with E-state index >= 15 is 0 Å². The summed E-state index contributed by atoms with van der Waals surface area (Å²) in [6, 6.07) is 5.11. The minimum Gasteiger partial charge on any atom is -0.493 e. The molecule has 2 aliphatic heterocycles. The maximum atomic E-state index is 6.85. The molecule has 1 aromatic rings. The largest absolute Gasteiger partial charge is 0.493 e. The molecule has 1 aromatic carbocycles. The van der Waals surface area contributed by atoms with Gasteiger partial charge < -0.3 is 18.5 Å². The predicted octanol–water partition coefficient (Wildman–Crippen LogP) is 4.79. The second-order valence-electron chi connectivity index (χ2n) is 11.5. The number of methoxy groups -OCH3 is 1. The molecule has 160 valence electrons. The van der Waals surface area contributed by atoms with Crippen LogP contribution in [0.15, 0.2) is 12.1 Å². The highest BCUT2D eigenvalue weighted by molar-refractivity contribution is 6.73. The van der Waals surface area contributed by atoms with Gasteiger partial charge in [-0.25, -0.2) is 0 Å². The first-order valence-corrected chi connectivity index (χ1v) is 18.2. The van der Waals surface area contributed by atoms with Crippen molar-refractivity contribution in [3.8, 4) is 11.5 Å². The fraction of sp³-hybridized carbons (Fsp3) is 0.739. The number of hydrogen-bond donors (Lipinski definition) is 0. The van der Waals surface area contributed by atoms with Gasteiger partial charge in [-0.05, 0) is 69.4 Å². The Kier molecular flexibility index (Phi) is 4.40. The highest BCUT2D eigenvalue weighted by atomic mass is 28.4. The smallest absolute Gasteiger partial charge is 0.184 e. The van der Waals surface area contributed by atoms with Gasteiger partial charge in [0.25, 0.3) is 0 Å². The SMILES string of the molecule is COc1ccc2c3c1OC1C(O[Si](C)(C)C)CCC4C(C2)N([Si](C)(C)C)CCC341. The molecule has 1 saturated carbocycles. The number of hydrogen-bond acceptors (Lipinski definition) is 4. The summed E-state index contributed by atoms with van der Waals surface area (Å²) in [7, 11) is -1.25. The van der Waals surface area contributed by atoms with Crippen molar-refractivity contribution < 1.29 is 13.9 Å². The van der Waals surface area contributed by atoms with Crippen LogP contribution < -0.4 is 9.47 Å². The Hall–Kier alpha value is -0.826. The van der Waals surface area contributed by atoms with Crippen molar-refractivity contribution in [3.63, 3.8) is 0 Å². The van der Waals surface area contributed by atoms with E-state index in [-0.39, 0.29) is 17.6 Å². The van der Waals surface area contributed by atoms with Gasteiger partial charge in [0.05, 0.1) is 13.2 Å². The standard InChI is InChI=1S/C23H37NO3Si2/c1-25-18-10-8-15-14-17-16-9-11-19(27-29(5,6)7)22-23(16,20(15)21(18)26-22)12-13-24(17)28(2,3)4/h8,10,16-17,19,22H,9,11-14H2,1-7H3. The van der Waals surface area contributed by atoms with E-state index in [2.05, 4.69) is 56.0 Å². The third-order valence-corrected chi connectivity index (χ3v) is 11.1. The summed E-state index contributed by atoms with van der Waals surface area (Å²) < 4.78 is 22.3. The quantitative estimate of drug-likeness (QED) is 0.642. The zero-order valence-corrected chi connectivity index (χ0v) is 21.2. The molecule has 2 bridgehead atoms. The van der Waals surface area contributed by atoms with Crippen molar-refractivity contribution in [1.82, 2.24) is 4.57 Å². The van der Waals surface area contributed by atoms with E-state index in [4.69, 9.17) is 13.9 Å². The van der Waals surface area contributed by atoms with Crippen LogP contribution in [0.25, 0.3) is 0 Å². The van der Waals surface area contributed by atoms with Crippen LogP contribution in [0.3, 0.4) is 0 Å². The summed E-state index contributed by atoms with van der Waals surface area (Å²) in [4.78, 5) is 0. The predicted molar refractivity (Wildman–Crippen MR) is 122 cm³/mol. The van der Waals surface area contributed by atoms with Gasteiger partial charge >= 0.3 is 0 Å². The molecule has 5 unspecified atom stereocenters. The minimum atomic E-state index is -1.65. The molecule has 0 N–H and O–H groups in total. The highest BCUT2D eigenvalue weighted by Gasteiger charge is 2.66. The molecule has 4 aliphatic rings. The van der Waals surface area contributed by atoms with Crippen molar-refractivity contribution in [2.45, 2.75) is 88.6 Å². The molecule has 4 nitrogen and oxygen atoms in total. The Morgan fingerprint density at radius 3 is 2.52 bits per heavy atom. The Morgan fingerprint density at radius 2 is 1.86 bits per heavy atom. The van der Waals surface area contributed by atoms with Crippen molar-refractivity contribution in [2.75, 3.05) is 13.7 Å². The van der Waals surface area contributed by atoms with Crippen LogP contribution in [0.1, 0.15) is 30.4 Å².